The lowest BCUT2D eigenvalue weighted by atomic mass is 10.0. The Morgan fingerprint density at radius 2 is 2.05 bits per heavy atom. The largest absolute Gasteiger partial charge is 0.462 e. The van der Waals surface area contributed by atoms with Crippen molar-refractivity contribution in [2.45, 2.75) is 77.0 Å². The highest BCUT2D eigenvalue weighted by Gasteiger charge is 2.65. The Hall–Kier alpha value is -3.31. The molecule has 0 radical (unpaired) electrons. The molecular formula is C28H37N6O6P. The first-order valence-electron chi connectivity index (χ1n) is 13.9. The van der Waals surface area contributed by atoms with Crippen LogP contribution in [0.15, 0.2) is 55.6 Å². The Kier molecular flexibility index (Phi) is 8.47. The summed E-state index contributed by atoms with van der Waals surface area (Å²) >= 11 is 0. The predicted molar refractivity (Wildman–Crippen MR) is 153 cm³/mol. The number of ether oxygens (including phenoxy) is 2. The summed E-state index contributed by atoms with van der Waals surface area (Å²) in [6.07, 6.45) is 5.44. The zero-order valence-corrected chi connectivity index (χ0v) is 24.6. The average Bonchev–Trinajstić information content (AvgIpc) is 3.24. The third kappa shape index (κ3) is 6.30. The first kappa shape index (κ1) is 29.2. The first-order chi connectivity index (χ1) is 19.7. The second kappa shape index (κ2) is 11.9. The van der Waals surface area contributed by atoms with E-state index in [9.17, 15) is 9.36 Å². The number of hydrogen-bond donors (Lipinski definition) is 2. The topological polar surface area (TPSA) is 139 Å². The van der Waals surface area contributed by atoms with Gasteiger partial charge in [-0.1, -0.05) is 38.1 Å². The van der Waals surface area contributed by atoms with Gasteiger partial charge in [0.2, 0.25) is 0 Å². The number of nitrogens with one attached hydrogen (secondary N) is 2. The molecule has 13 heteroatoms. The zero-order valence-electron chi connectivity index (χ0n) is 23.7. The van der Waals surface area contributed by atoms with Crippen molar-refractivity contribution in [3.63, 3.8) is 0 Å². The highest BCUT2D eigenvalue weighted by atomic mass is 31.2. The lowest BCUT2D eigenvalue weighted by molar-refractivity contribution is -0.148. The number of anilines is 1. The molecule has 1 saturated heterocycles. The van der Waals surface area contributed by atoms with Crippen LogP contribution in [-0.2, 0) is 23.4 Å². The van der Waals surface area contributed by atoms with Crippen LogP contribution in [0.4, 0.5) is 5.82 Å². The van der Waals surface area contributed by atoms with Crippen molar-refractivity contribution in [1.29, 1.82) is 0 Å². The molecule has 6 atom stereocenters. The summed E-state index contributed by atoms with van der Waals surface area (Å²) < 4.78 is 39.9. The van der Waals surface area contributed by atoms with E-state index in [4.69, 9.17) is 18.5 Å². The van der Waals surface area contributed by atoms with Gasteiger partial charge in [-0.15, -0.1) is 6.58 Å². The summed E-state index contributed by atoms with van der Waals surface area (Å²) in [5, 5.41) is 6.03. The number of benzene rings is 1. The smallest absolute Gasteiger partial charge is 0.460 e. The highest BCUT2D eigenvalue weighted by Crippen LogP contribution is 2.61. The molecule has 2 aliphatic rings. The molecule has 3 aromatic rings. The molecule has 5 rings (SSSR count). The second-order valence-corrected chi connectivity index (χ2v) is 12.4. The van der Waals surface area contributed by atoms with E-state index >= 15 is 0 Å². The van der Waals surface area contributed by atoms with Crippen molar-refractivity contribution < 1.29 is 27.9 Å². The van der Waals surface area contributed by atoms with E-state index in [1.807, 2.05) is 10.6 Å². The minimum Gasteiger partial charge on any atom is -0.462 e. The van der Waals surface area contributed by atoms with Crippen molar-refractivity contribution >= 4 is 30.7 Å². The number of para-hydroxylation sites is 1. The van der Waals surface area contributed by atoms with E-state index in [0.29, 0.717) is 35.6 Å². The standard InChI is InChI=1S/C28H37N6O6P/c1-6-13-29-24-23-25(31-16-30-24)34(17-32-23)26-19(5)14-28(38-26)15-22(28)40-41(36,39-20-11-9-8-10-12-20)33-21(7-2)27(35)37-18(3)4/h7-12,16-19,21-22,26H,2,6,13-15H2,1,3-5H3,(H,33,36)(H,29,30,31)/t19-,21-,22-,26?,28+,41+/m0/s1. The van der Waals surface area contributed by atoms with Crippen molar-refractivity contribution in [2.24, 2.45) is 5.92 Å². The summed E-state index contributed by atoms with van der Waals surface area (Å²) in [7, 11) is -4.09. The van der Waals surface area contributed by atoms with Crippen molar-refractivity contribution in [3.05, 3.63) is 55.6 Å². The normalized spacial score (nSPS) is 25.6. The van der Waals surface area contributed by atoms with E-state index in [1.165, 1.54) is 12.4 Å². The summed E-state index contributed by atoms with van der Waals surface area (Å²) in [5.41, 5.74) is 0.675. The molecule has 2 aromatic heterocycles. The van der Waals surface area contributed by atoms with Gasteiger partial charge >= 0.3 is 13.7 Å². The number of aromatic nitrogens is 4. The molecule has 1 aliphatic carbocycles. The summed E-state index contributed by atoms with van der Waals surface area (Å²) in [4.78, 5) is 26.0. The van der Waals surface area contributed by atoms with E-state index in [-0.39, 0.29) is 18.2 Å². The Morgan fingerprint density at radius 3 is 2.76 bits per heavy atom. The summed E-state index contributed by atoms with van der Waals surface area (Å²) in [6, 6.07) is 7.54. The van der Waals surface area contributed by atoms with Crippen LogP contribution < -0.4 is 14.9 Å². The Labute approximate surface area is 239 Å². The number of esters is 1. The van der Waals surface area contributed by atoms with Gasteiger partial charge < -0.3 is 19.3 Å². The monoisotopic (exact) mass is 584 g/mol. The molecule has 220 valence electrons. The van der Waals surface area contributed by atoms with Gasteiger partial charge in [-0.25, -0.2) is 24.3 Å². The molecule has 1 aromatic carbocycles. The number of fused-ring (bicyclic) bond motifs is 1. The molecule has 1 aliphatic heterocycles. The molecule has 3 heterocycles. The number of imidazole rings is 1. The molecule has 41 heavy (non-hydrogen) atoms. The lowest BCUT2D eigenvalue weighted by Gasteiger charge is -2.24. The molecule has 2 N–H and O–H groups in total. The zero-order chi connectivity index (χ0) is 29.2. The molecule has 1 saturated carbocycles. The van der Waals surface area contributed by atoms with E-state index in [2.05, 4.69) is 45.8 Å². The van der Waals surface area contributed by atoms with Crippen molar-refractivity contribution in [3.8, 4) is 5.75 Å². The quantitative estimate of drug-likeness (QED) is 0.159. The molecule has 12 nitrogen and oxygen atoms in total. The summed E-state index contributed by atoms with van der Waals surface area (Å²) in [6.45, 7) is 12.1. The van der Waals surface area contributed by atoms with Crippen LogP contribution in [0, 0.1) is 5.92 Å². The Balaban J connectivity index is 1.34. The van der Waals surface area contributed by atoms with Crippen molar-refractivity contribution in [2.75, 3.05) is 11.9 Å². The van der Waals surface area contributed by atoms with Crippen molar-refractivity contribution in [1.82, 2.24) is 24.6 Å². The summed E-state index contributed by atoms with van der Waals surface area (Å²) in [5.74, 6) is 0.469. The number of carbonyl (C=O) groups is 1. The second-order valence-electron chi connectivity index (χ2n) is 10.8. The first-order valence-corrected chi connectivity index (χ1v) is 15.4. The molecule has 0 bridgehead atoms. The van der Waals surface area contributed by atoms with Crippen LogP contribution in [0.2, 0.25) is 0 Å². The molecule has 0 amide bonds. The Bertz CT molecular complexity index is 1430. The maximum Gasteiger partial charge on any atom is 0.460 e. The van der Waals surface area contributed by atoms with Crippen LogP contribution >= 0.6 is 7.75 Å². The van der Waals surface area contributed by atoms with Gasteiger partial charge in [-0.3, -0.25) is 9.09 Å². The lowest BCUT2D eigenvalue weighted by Crippen LogP contribution is -2.37. The van der Waals surface area contributed by atoms with Crippen LogP contribution in [0.1, 0.15) is 53.2 Å². The van der Waals surface area contributed by atoms with Crippen LogP contribution in [0.25, 0.3) is 11.2 Å². The Morgan fingerprint density at radius 1 is 1.27 bits per heavy atom. The van der Waals surface area contributed by atoms with E-state index in [0.717, 1.165) is 13.0 Å². The molecule has 2 fully saturated rings. The van der Waals surface area contributed by atoms with Gasteiger partial charge in [0.1, 0.15) is 36.1 Å². The van der Waals surface area contributed by atoms with Gasteiger partial charge in [0, 0.05) is 18.9 Å². The fraction of sp³-hybridized carbons (Fsp3) is 0.500. The minimum absolute atomic E-state index is 0.0901. The van der Waals surface area contributed by atoms with Gasteiger partial charge in [0.15, 0.2) is 17.0 Å². The number of nitrogens with zero attached hydrogens (tertiary/aromatic N) is 4. The third-order valence-electron chi connectivity index (χ3n) is 7.02. The molecule has 1 unspecified atom stereocenters. The SMILES string of the molecule is C=C[C@H](N[P@@](=O)(Oc1ccccc1)O[C@H]1C[C@]12C[C@H](C)C(n1cnc3c(NCCC)ncnc31)O2)C(=O)OC(C)C. The molecular weight excluding hydrogens is 547 g/mol. The van der Waals surface area contributed by atoms with Gasteiger partial charge in [0.25, 0.3) is 0 Å². The van der Waals surface area contributed by atoms with Gasteiger partial charge in [-0.05, 0) is 38.8 Å². The van der Waals surface area contributed by atoms with Gasteiger partial charge in [0.05, 0.1) is 12.4 Å². The fourth-order valence-corrected chi connectivity index (χ4v) is 6.77. The molecule has 1 spiro atoms. The van der Waals surface area contributed by atoms with Crippen LogP contribution in [-0.4, -0.2) is 55.9 Å². The third-order valence-corrected chi connectivity index (χ3v) is 8.59. The van der Waals surface area contributed by atoms with E-state index in [1.54, 1.807) is 44.4 Å². The highest BCUT2D eigenvalue weighted by molar-refractivity contribution is 7.52. The number of rotatable bonds is 13. The van der Waals surface area contributed by atoms with Crippen LogP contribution in [0.5, 0.6) is 5.75 Å². The average molecular weight is 585 g/mol. The maximum absolute atomic E-state index is 14.1. The van der Waals surface area contributed by atoms with E-state index < -0.39 is 31.5 Å². The predicted octanol–water partition coefficient (Wildman–Crippen LogP) is 5.01. The number of carbonyl (C=O) groups excluding carboxylic acids is 1. The number of hydrogen-bond acceptors (Lipinski definition) is 10. The van der Waals surface area contributed by atoms with Gasteiger partial charge in [-0.2, -0.15) is 5.09 Å². The fourth-order valence-electron chi connectivity index (χ4n) is 5.06. The van der Waals surface area contributed by atoms with Crippen LogP contribution in [0.3, 0.4) is 0 Å². The maximum atomic E-state index is 14.1. The minimum atomic E-state index is -4.09.